The molecule has 1 aromatic heterocycles. The zero-order valence-corrected chi connectivity index (χ0v) is 13.5. The van der Waals surface area contributed by atoms with E-state index in [1.54, 1.807) is 25.1 Å². The summed E-state index contributed by atoms with van der Waals surface area (Å²) in [6.07, 6.45) is 0.801. The van der Waals surface area contributed by atoms with E-state index in [-0.39, 0.29) is 24.9 Å². The Morgan fingerprint density at radius 1 is 1.24 bits per heavy atom. The van der Waals surface area contributed by atoms with Gasteiger partial charge in [0, 0.05) is 11.8 Å². The molecule has 0 aliphatic carbocycles. The number of amides is 2. The summed E-state index contributed by atoms with van der Waals surface area (Å²) in [7, 11) is 0. The maximum Gasteiger partial charge on any atom is 0.412 e. The van der Waals surface area contributed by atoms with Crippen LogP contribution in [-0.2, 0) is 16.1 Å². The minimum Gasteiger partial charge on any atom is -0.486 e. The van der Waals surface area contributed by atoms with Crippen molar-refractivity contribution in [2.75, 3.05) is 30.5 Å². The molecule has 0 radical (unpaired) electrons. The number of anilines is 2. The lowest BCUT2D eigenvalue weighted by atomic mass is 10.2. The largest absolute Gasteiger partial charge is 0.486 e. The molecular weight excluding hydrogens is 330 g/mol. The van der Waals surface area contributed by atoms with E-state index in [9.17, 15) is 9.59 Å². The Hall–Kier alpha value is -3.30. The summed E-state index contributed by atoms with van der Waals surface area (Å²) >= 11 is 0. The number of hydrogen-bond acceptors (Lipinski definition) is 7. The van der Waals surface area contributed by atoms with Gasteiger partial charge in [0.05, 0.1) is 12.8 Å². The molecule has 2 heterocycles. The molecule has 25 heavy (non-hydrogen) atoms. The maximum absolute atomic E-state index is 12.1. The number of rotatable bonds is 5. The van der Waals surface area contributed by atoms with E-state index in [2.05, 4.69) is 20.9 Å². The quantitative estimate of drug-likeness (QED) is 0.836. The summed E-state index contributed by atoms with van der Waals surface area (Å²) in [5, 5.41) is 12.7. The van der Waals surface area contributed by atoms with Gasteiger partial charge in [-0.15, -0.1) is 5.10 Å². The highest BCUT2D eigenvalue weighted by Gasteiger charge is 2.13. The van der Waals surface area contributed by atoms with Crippen molar-refractivity contribution in [2.24, 2.45) is 0 Å². The fraction of sp³-hybridized carbons (Fsp3) is 0.333. The molecule has 1 aromatic carbocycles. The lowest BCUT2D eigenvalue weighted by molar-refractivity contribution is -0.116. The molecule has 2 amide bonds. The first-order valence-corrected chi connectivity index (χ1v) is 7.67. The second-order valence-corrected chi connectivity index (χ2v) is 5.05. The van der Waals surface area contributed by atoms with E-state index >= 15 is 0 Å². The predicted molar refractivity (Wildman–Crippen MR) is 86.7 cm³/mol. The van der Waals surface area contributed by atoms with Crippen molar-refractivity contribution in [1.82, 2.24) is 15.0 Å². The normalized spacial score (nSPS) is 12.4. The third-order valence-electron chi connectivity index (χ3n) is 3.18. The average Bonchev–Trinajstić information content (AvgIpc) is 3.01. The Labute approximate surface area is 143 Å². The Balaban J connectivity index is 1.56. The molecule has 0 spiro atoms. The van der Waals surface area contributed by atoms with Crippen molar-refractivity contribution in [3.05, 3.63) is 24.4 Å². The van der Waals surface area contributed by atoms with Crippen molar-refractivity contribution in [3.63, 3.8) is 0 Å². The standard InChI is InChI=1S/C15H17N5O5/c1-2-23-15(22)17-13-8-20(19-18-13)9-14(21)16-10-3-4-11-12(7-10)25-6-5-24-11/h3-4,7-8H,2,5-6,9H2,1H3,(H,16,21)(H,17,22). The molecule has 1 aliphatic heterocycles. The van der Waals surface area contributed by atoms with Gasteiger partial charge in [0.25, 0.3) is 0 Å². The van der Waals surface area contributed by atoms with Crippen LogP contribution in [0.4, 0.5) is 16.3 Å². The molecule has 0 saturated carbocycles. The molecule has 0 atom stereocenters. The van der Waals surface area contributed by atoms with E-state index in [1.165, 1.54) is 10.9 Å². The molecule has 10 heteroatoms. The summed E-state index contributed by atoms with van der Waals surface area (Å²) in [4.78, 5) is 23.4. The molecule has 0 unspecified atom stereocenters. The van der Waals surface area contributed by atoms with E-state index in [0.717, 1.165) is 0 Å². The number of carbonyl (C=O) groups is 2. The van der Waals surface area contributed by atoms with Gasteiger partial charge in [0.1, 0.15) is 19.8 Å². The van der Waals surface area contributed by atoms with Crippen LogP contribution in [0.1, 0.15) is 6.92 Å². The summed E-state index contributed by atoms with van der Waals surface area (Å²) in [5.41, 5.74) is 0.583. The van der Waals surface area contributed by atoms with Gasteiger partial charge >= 0.3 is 6.09 Å². The van der Waals surface area contributed by atoms with Crippen molar-refractivity contribution in [1.29, 1.82) is 0 Å². The summed E-state index contributed by atoms with van der Waals surface area (Å²) in [6, 6.07) is 5.16. The molecule has 2 aromatic rings. The highest BCUT2D eigenvalue weighted by molar-refractivity contribution is 5.91. The summed E-state index contributed by atoms with van der Waals surface area (Å²) in [5.74, 6) is 1.13. The van der Waals surface area contributed by atoms with Gasteiger partial charge in [-0.2, -0.15) is 0 Å². The maximum atomic E-state index is 12.1. The van der Waals surface area contributed by atoms with Crippen molar-refractivity contribution < 1.29 is 23.8 Å². The van der Waals surface area contributed by atoms with Gasteiger partial charge < -0.3 is 19.5 Å². The molecule has 0 fully saturated rings. The van der Waals surface area contributed by atoms with Gasteiger partial charge in [-0.1, -0.05) is 5.21 Å². The zero-order valence-electron chi connectivity index (χ0n) is 13.5. The third-order valence-corrected chi connectivity index (χ3v) is 3.18. The third kappa shape index (κ3) is 4.37. The van der Waals surface area contributed by atoms with Crippen LogP contribution < -0.4 is 20.1 Å². The Morgan fingerprint density at radius 2 is 2.04 bits per heavy atom. The van der Waals surface area contributed by atoms with Gasteiger partial charge in [-0.05, 0) is 19.1 Å². The van der Waals surface area contributed by atoms with Crippen LogP contribution in [0.2, 0.25) is 0 Å². The van der Waals surface area contributed by atoms with E-state index in [4.69, 9.17) is 14.2 Å². The van der Waals surface area contributed by atoms with Crippen molar-refractivity contribution in [3.8, 4) is 11.5 Å². The Kier molecular flexibility index (Phi) is 4.97. The minimum absolute atomic E-state index is 0.0635. The molecule has 0 saturated heterocycles. The predicted octanol–water partition coefficient (Wildman–Crippen LogP) is 1.26. The van der Waals surface area contributed by atoms with Crippen LogP contribution in [0, 0.1) is 0 Å². The first-order valence-electron chi connectivity index (χ1n) is 7.67. The molecule has 2 N–H and O–H groups in total. The fourth-order valence-electron chi connectivity index (χ4n) is 2.17. The molecule has 10 nitrogen and oxygen atoms in total. The van der Waals surface area contributed by atoms with E-state index < -0.39 is 6.09 Å². The first kappa shape index (κ1) is 16.6. The SMILES string of the molecule is CCOC(=O)Nc1cn(CC(=O)Nc2ccc3c(c2)OCCO3)nn1. The highest BCUT2D eigenvalue weighted by atomic mass is 16.6. The number of carbonyl (C=O) groups excluding carboxylic acids is 2. The van der Waals surface area contributed by atoms with Crippen LogP contribution >= 0.6 is 0 Å². The second kappa shape index (κ2) is 7.51. The second-order valence-electron chi connectivity index (χ2n) is 5.05. The van der Waals surface area contributed by atoms with Crippen LogP contribution in [0.15, 0.2) is 24.4 Å². The Bertz CT molecular complexity index is 775. The van der Waals surface area contributed by atoms with Crippen LogP contribution in [-0.4, -0.2) is 46.8 Å². The summed E-state index contributed by atoms with van der Waals surface area (Å²) < 4.78 is 16.9. The fourth-order valence-corrected chi connectivity index (χ4v) is 2.17. The molecular formula is C15H17N5O5. The highest BCUT2D eigenvalue weighted by Crippen LogP contribution is 2.32. The number of nitrogens with one attached hydrogen (secondary N) is 2. The van der Waals surface area contributed by atoms with Gasteiger partial charge in [-0.3, -0.25) is 10.1 Å². The average molecular weight is 347 g/mol. The number of ether oxygens (including phenoxy) is 3. The number of nitrogens with zero attached hydrogens (tertiary/aromatic N) is 3. The summed E-state index contributed by atoms with van der Waals surface area (Å²) in [6.45, 7) is 2.86. The molecule has 3 rings (SSSR count). The smallest absolute Gasteiger partial charge is 0.412 e. The zero-order chi connectivity index (χ0) is 17.6. The van der Waals surface area contributed by atoms with Crippen molar-refractivity contribution in [2.45, 2.75) is 13.5 Å². The number of aromatic nitrogens is 3. The topological polar surface area (TPSA) is 117 Å². The lowest BCUT2D eigenvalue weighted by Gasteiger charge is -2.18. The van der Waals surface area contributed by atoms with E-state index in [0.29, 0.717) is 30.4 Å². The van der Waals surface area contributed by atoms with Gasteiger partial charge in [-0.25, -0.2) is 9.48 Å². The monoisotopic (exact) mass is 347 g/mol. The van der Waals surface area contributed by atoms with Crippen molar-refractivity contribution >= 4 is 23.5 Å². The Morgan fingerprint density at radius 3 is 2.84 bits per heavy atom. The molecule has 0 bridgehead atoms. The number of hydrogen-bond donors (Lipinski definition) is 2. The van der Waals surface area contributed by atoms with Gasteiger partial charge in [0.15, 0.2) is 17.3 Å². The van der Waals surface area contributed by atoms with Gasteiger partial charge in [0.2, 0.25) is 5.91 Å². The lowest BCUT2D eigenvalue weighted by Crippen LogP contribution is -2.20. The minimum atomic E-state index is -0.629. The van der Waals surface area contributed by atoms with Crippen LogP contribution in [0.5, 0.6) is 11.5 Å². The molecule has 1 aliphatic rings. The number of benzene rings is 1. The molecule has 132 valence electrons. The number of fused-ring (bicyclic) bond motifs is 1. The first-order chi connectivity index (χ1) is 12.1. The van der Waals surface area contributed by atoms with E-state index in [1.807, 2.05) is 0 Å². The van der Waals surface area contributed by atoms with Crippen LogP contribution in [0.25, 0.3) is 0 Å². The van der Waals surface area contributed by atoms with Crippen LogP contribution in [0.3, 0.4) is 0 Å².